The van der Waals surface area contributed by atoms with Gasteiger partial charge in [0.15, 0.2) is 0 Å². The van der Waals surface area contributed by atoms with Crippen LogP contribution in [0.2, 0.25) is 0 Å². The number of aromatic nitrogens is 1. The molecule has 0 saturated carbocycles. The average molecular weight is 337 g/mol. The number of rotatable bonds is 5. The van der Waals surface area contributed by atoms with Crippen molar-refractivity contribution in [3.05, 3.63) is 65.3 Å². The summed E-state index contributed by atoms with van der Waals surface area (Å²) in [6.45, 7) is 2.61. The van der Waals surface area contributed by atoms with E-state index in [1.807, 2.05) is 48.0 Å². The van der Waals surface area contributed by atoms with E-state index < -0.39 is 0 Å². The summed E-state index contributed by atoms with van der Waals surface area (Å²) >= 11 is 1.62. The van der Waals surface area contributed by atoms with Gasteiger partial charge in [0.05, 0.1) is 11.3 Å². The van der Waals surface area contributed by atoms with Crippen molar-refractivity contribution in [3.63, 3.8) is 0 Å². The topological polar surface area (TPSA) is 45.2 Å². The standard InChI is InChI=1S/C19H19N3OS/c23-19(17-13-24-18-7-2-1-6-16(17)18)21-11-15-8-10-22(15)12-14-5-3-4-9-20-14/h1-7,9,13,15H,8,10-12H2,(H,21,23). The summed E-state index contributed by atoms with van der Waals surface area (Å²) in [7, 11) is 0. The highest BCUT2D eigenvalue weighted by Gasteiger charge is 2.28. The van der Waals surface area contributed by atoms with Gasteiger partial charge < -0.3 is 5.32 Å². The quantitative estimate of drug-likeness (QED) is 0.777. The van der Waals surface area contributed by atoms with Gasteiger partial charge in [-0.3, -0.25) is 14.7 Å². The second-order valence-corrected chi connectivity index (χ2v) is 7.00. The van der Waals surface area contributed by atoms with E-state index in [1.54, 1.807) is 11.3 Å². The molecule has 1 N–H and O–H groups in total. The third-order valence-corrected chi connectivity index (χ3v) is 5.54. The smallest absolute Gasteiger partial charge is 0.252 e. The summed E-state index contributed by atoms with van der Waals surface area (Å²) < 4.78 is 1.16. The molecule has 1 unspecified atom stereocenters. The van der Waals surface area contributed by atoms with Crippen molar-refractivity contribution in [2.45, 2.75) is 19.0 Å². The van der Waals surface area contributed by atoms with Gasteiger partial charge in [-0.1, -0.05) is 24.3 Å². The predicted molar refractivity (Wildman–Crippen MR) is 97.2 cm³/mol. The minimum absolute atomic E-state index is 0.0251. The number of amides is 1. The van der Waals surface area contributed by atoms with E-state index in [1.165, 1.54) is 0 Å². The molecule has 1 aliphatic rings. The summed E-state index contributed by atoms with van der Waals surface area (Å²) in [5.41, 5.74) is 1.86. The molecule has 3 heterocycles. The third kappa shape index (κ3) is 3.05. The van der Waals surface area contributed by atoms with Gasteiger partial charge in [0.2, 0.25) is 0 Å². The molecule has 122 valence electrons. The molecule has 0 aliphatic carbocycles. The molecule has 3 aromatic rings. The Morgan fingerprint density at radius 2 is 2.12 bits per heavy atom. The van der Waals surface area contributed by atoms with Crippen LogP contribution in [0.15, 0.2) is 54.0 Å². The molecule has 24 heavy (non-hydrogen) atoms. The SMILES string of the molecule is O=C(NCC1CCN1Cc1ccccn1)c1csc2ccccc12. The van der Waals surface area contributed by atoms with Crippen molar-refractivity contribution in [2.24, 2.45) is 0 Å². The molecule has 1 aromatic carbocycles. The fourth-order valence-corrected chi connectivity index (χ4v) is 4.03. The molecule has 1 saturated heterocycles. The van der Waals surface area contributed by atoms with Crippen molar-refractivity contribution < 1.29 is 4.79 Å². The van der Waals surface area contributed by atoms with Crippen LogP contribution in [0.4, 0.5) is 0 Å². The fourth-order valence-electron chi connectivity index (χ4n) is 3.09. The van der Waals surface area contributed by atoms with Crippen molar-refractivity contribution in [3.8, 4) is 0 Å². The zero-order valence-corrected chi connectivity index (χ0v) is 14.1. The lowest BCUT2D eigenvalue weighted by Gasteiger charge is -2.40. The second kappa shape index (κ2) is 6.71. The Bertz CT molecular complexity index is 846. The number of hydrogen-bond acceptors (Lipinski definition) is 4. The van der Waals surface area contributed by atoms with Crippen LogP contribution < -0.4 is 5.32 Å². The number of hydrogen-bond donors (Lipinski definition) is 1. The van der Waals surface area contributed by atoms with Gasteiger partial charge in [-0.15, -0.1) is 11.3 Å². The molecule has 1 aliphatic heterocycles. The molecule has 2 aromatic heterocycles. The summed E-state index contributed by atoms with van der Waals surface area (Å²) in [6.07, 6.45) is 2.95. The molecule has 1 fully saturated rings. The van der Waals surface area contributed by atoms with Crippen molar-refractivity contribution in [1.82, 2.24) is 15.2 Å². The molecule has 0 bridgehead atoms. The molecule has 0 spiro atoms. The second-order valence-electron chi connectivity index (χ2n) is 6.09. The first kappa shape index (κ1) is 15.3. The molecule has 1 atom stereocenters. The number of pyridine rings is 1. The van der Waals surface area contributed by atoms with Crippen LogP contribution in [0.5, 0.6) is 0 Å². The van der Waals surface area contributed by atoms with Crippen LogP contribution >= 0.6 is 11.3 Å². The third-order valence-electron chi connectivity index (χ3n) is 4.58. The first-order valence-corrected chi connectivity index (χ1v) is 9.07. The minimum atomic E-state index is 0.0251. The number of nitrogens with zero attached hydrogens (tertiary/aromatic N) is 2. The lowest BCUT2D eigenvalue weighted by molar-refractivity contribution is 0.0724. The number of carbonyl (C=O) groups excluding carboxylic acids is 1. The Morgan fingerprint density at radius 3 is 2.92 bits per heavy atom. The zero-order chi connectivity index (χ0) is 16.4. The van der Waals surface area contributed by atoms with E-state index >= 15 is 0 Å². The average Bonchev–Trinajstić information content (AvgIpc) is 3.04. The molecule has 1 amide bonds. The van der Waals surface area contributed by atoms with E-state index in [-0.39, 0.29) is 5.91 Å². The van der Waals surface area contributed by atoms with E-state index in [9.17, 15) is 4.79 Å². The first-order chi connectivity index (χ1) is 11.8. The Balaban J connectivity index is 1.36. The van der Waals surface area contributed by atoms with Gasteiger partial charge in [-0.05, 0) is 24.6 Å². The summed E-state index contributed by atoms with van der Waals surface area (Å²) in [4.78, 5) is 19.2. The summed E-state index contributed by atoms with van der Waals surface area (Å²) in [5.74, 6) is 0.0251. The maximum atomic E-state index is 12.5. The largest absolute Gasteiger partial charge is 0.350 e. The van der Waals surface area contributed by atoms with Crippen LogP contribution in [0.3, 0.4) is 0 Å². The minimum Gasteiger partial charge on any atom is -0.350 e. The lowest BCUT2D eigenvalue weighted by atomic mass is 10.0. The van der Waals surface area contributed by atoms with Gasteiger partial charge >= 0.3 is 0 Å². The molecular weight excluding hydrogens is 318 g/mol. The maximum absolute atomic E-state index is 12.5. The van der Waals surface area contributed by atoms with Gasteiger partial charge in [0.25, 0.3) is 5.91 Å². The van der Waals surface area contributed by atoms with Crippen LogP contribution in [0.25, 0.3) is 10.1 Å². The Morgan fingerprint density at radius 1 is 1.25 bits per heavy atom. The highest BCUT2D eigenvalue weighted by atomic mass is 32.1. The Labute approximate surface area is 145 Å². The number of likely N-dealkylation sites (tertiary alicyclic amines) is 1. The normalized spacial score (nSPS) is 17.6. The van der Waals surface area contributed by atoms with E-state index in [0.717, 1.165) is 40.9 Å². The van der Waals surface area contributed by atoms with E-state index in [0.29, 0.717) is 12.6 Å². The van der Waals surface area contributed by atoms with E-state index in [4.69, 9.17) is 0 Å². The van der Waals surface area contributed by atoms with Gasteiger partial charge in [-0.2, -0.15) is 0 Å². The van der Waals surface area contributed by atoms with Gasteiger partial charge in [-0.25, -0.2) is 0 Å². The van der Waals surface area contributed by atoms with Gasteiger partial charge in [0.1, 0.15) is 0 Å². The number of nitrogens with one attached hydrogen (secondary N) is 1. The highest BCUT2D eigenvalue weighted by molar-refractivity contribution is 7.17. The molecule has 0 radical (unpaired) electrons. The van der Waals surface area contributed by atoms with Crippen molar-refractivity contribution >= 4 is 27.3 Å². The number of fused-ring (bicyclic) bond motifs is 1. The van der Waals surface area contributed by atoms with E-state index in [2.05, 4.69) is 21.3 Å². The first-order valence-electron chi connectivity index (χ1n) is 8.19. The van der Waals surface area contributed by atoms with Crippen molar-refractivity contribution in [1.29, 1.82) is 0 Å². The highest BCUT2D eigenvalue weighted by Crippen LogP contribution is 2.25. The van der Waals surface area contributed by atoms with Crippen LogP contribution in [0.1, 0.15) is 22.5 Å². The Hall–Kier alpha value is -2.24. The zero-order valence-electron chi connectivity index (χ0n) is 13.3. The fraction of sp³-hybridized carbons (Fsp3) is 0.263. The van der Waals surface area contributed by atoms with Crippen LogP contribution in [-0.4, -0.2) is 34.9 Å². The summed E-state index contributed by atoms with van der Waals surface area (Å²) in [6, 6.07) is 14.4. The number of thiophene rings is 1. The number of benzene rings is 1. The summed E-state index contributed by atoms with van der Waals surface area (Å²) in [5, 5.41) is 6.09. The van der Waals surface area contributed by atoms with Crippen LogP contribution in [0, 0.1) is 0 Å². The lowest BCUT2D eigenvalue weighted by Crippen LogP contribution is -2.52. The van der Waals surface area contributed by atoms with Gasteiger partial charge in [0, 0.05) is 47.3 Å². The number of carbonyl (C=O) groups is 1. The molecule has 4 nitrogen and oxygen atoms in total. The molecule has 4 rings (SSSR count). The van der Waals surface area contributed by atoms with Crippen LogP contribution in [-0.2, 0) is 6.54 Å². The maximum Gasteiger partial charge on any atom is 0.252 e. The molecule has 5 heteroatoms. The monoisotopic (exact) mass is 337 g/mol. The Kier molecular flexibility index (Phi) is 4.28. The molecular formula is C19H19N3OS. The predicted octanol–water partition coefficient (Wildman–Crippen LogP) is 3.30. The van der Waals surface area contributed by atoms with Crippen molar-refractivity contribution in [2.75, 3.05) is 13.1 Å².